The first kappa shape index (κ1) is 10.4. The lowest BCUT2D eigenvalue weighted by atomic mass is 9.90. The van der Waals surface area contributed by atoms with Crippen LogP contribution in [-0.4, -0.2) is 10.0 Å². The highest BCUT2D eigenvalue weighted by Crippen LogP contribution is 2.56. The first-order chi connectivity index (χ1) is 6.52. The Morgan fingerprint density at radius 2 is 2.07 bits per heavy atom. The lowest BCUT2D eigenvalue weighted by Gasteiger charge is -2.12. The fourth-order valence-electron chi connectivity index (χ4n) is 1.82. The first-order valence-electron chi connectivity index (χ1n) is 4.54. The number of hydrogen-bond donors (Lipinski definition) is 0. The maximum Gasteiger partial charge on any atom is 0.131 e. The molecule has 1 aromatic carbocycles. The number of rotatable bonds is 2. The second-order valence-corrected chi connectivity index (χ2v) is 4.85. The predicted molar refractivity (Wildman–Crippen MR) is 62.1 cm³/mol. The number of alkyl halides is 1. The molecule has 3 heteroatoms. The third-order valence-electron chi connectivity index (χ3n) is 2.84. The van der Waals surface area contributed by atoms with E-state index >= 15 is 0 Å². The van der Waals surface area contributed by atoms with Crippen LogP contribution in [0.5, 0.6) is 0 Å². The van der Waals surface area contributed by atoms with Crippen molar-refractivity contribution >= 4 is 22.6 Å². The number of epoxide rings is 1. The molecule has 1 aliphatic heterocycles. The molecule has 0 bridgehead atoms. The van der Waals surface area contributed by atoms with E-state index in [0.29, 0.717) is 0 Å². The van der Waals surface area contributed by atoms with Gasteiger partial charge in [-0.25, -0.2) is 4.39 Å². The molecule has 1 atom stereocenters. The summed E-state index contributed by atoms with van der Waals surface area (Å²) in [6.07, 6.45) is 0. The molecule has 1 aromatic rings. The van der Waals surface area contributed by atoms with Gasteiger partial charge in [0.2, 0.25) is 0 Å². The predicted octanol–water partition coefficient (Wildman–Crippen LogP) is 3.26. The van der Waals surface area contributed by atoms with E-state index in [9.17, 15) is 4.39 Å². The van der Waals surface area contributed by atoms with Gasteiger partial charge < -0.3 is 4.74 Å². The van der Waals surface area contributed by atoms with Crippen LogP contribution in [0.15, 0.2) is 24.3 Å². The summed E-state index contributed by atoms with van der Waals surface area (Å²) in [6.45, 7) is 4.08. The van der Waals surface area contributed by atoms with Crippen molar-refractivity contribution in [1.29, 1.82) is 0 Å². The Bertz CT molecular complexity index is 364. The molecule has 0 unspecified atom stereocenters. The maximum absolute atomic E-state index is 13.1. The average molecular weight is 306 g/mol. The number of halogens is 2. The second-order valence-electron chi connectivity index (χ2n) is 4.08. The van der Waals surface area contributed by atoms with Gasteiger partial charge in [0.25, 0.3) is 0 Å². The number of ether oxygens (including phenoxy) is 1. The maximum atomic E-state index is 13.1. The van der Waals surface area contributed by atoms with Crippen molar-refractivity contribution in [2.75, 3.05) is 4.43 Å². The van der Waals surface area contributed by atoms with Gasteiger partial charge in [0.05, 0.1) is 5.60 Å². The van der Waals surface area contributed by atoms with Crippen LogP contribution in [0.4, 0.5) is 4.39 Å². The van der Waals surface area contributed by atoms with Crippen LogP contribution in [0.25, 0.3) is 0 Å². The molecule has 14 heavy (non-hydrogen) atoms. The van der Waals surface area contributed by atoms with E-state index in [1.165, 1.54) is 6.07 Å². The molecule has 1 heterocycles. The zero-order valence-corrected chi connectivity index (χ0v) is 10.3. The van der Waals surface area contributed by atoms with Crippen molar-refractivity contribution in [1.82, 2.24) is 0 Å². The Morgan fingerprint density at radius 3 is 2.50 bits per heavy atom. The lowest BCUT2D eigenvalue weighted by molar-refractivity contribution is 0.291. The molecule has 1 saturated heterocycles. The summed E-state index contributed by atoms with van der Waals surface area (Å²) in [5.74, 6) is -0.196. The minimum Gasteiger partial charge on any atom is -0.357 e. The second kappa shape index (κ2) is 3.17. The average Bonchev–Trinajstić information content (AvgIpc) is 2.70. The summed E-state index contributed by atoms with van der Waals surface area (Å²) in [4.78, 5) is 0. The molecule has 0 aliphatic carbocycles. The summed E-state index contributed by atoms with van der Waals surface area (Å²) >= 11 is 2.29. The molecular weight excluding hydrogens is 294 g/mol. The van der Waals surface area contributed by atoms with Crippen molar-refractivity contribution in [2.24, 2.45) is 0 Å². The number of benzene rings is 1. The van der Waals surface area contributed by atoms with Crippen LogP contribution in [0.2, 0.25) is 0 Å². The SMILES string of the molecule is CC1(C)O[C@@]1(CI)c1cccc(F)c1. The van der Waals surface area contributed by atoms with Gasteiger partial charge in [-0.2, -0.15) is 0 Å². The van der Waals surface area contributed by atoms with Gasteiger partial charge in [-0.1, -0.05) is 34.7 Å². The van der Waals surface area contributed by atoms with Gasteiger partial charge in [-0.05, 0) is 31.5 Å². The summed E-state index contributed by atoms with van der Waals surface area (Å²) in [7, 11) is 0. The van der Waals surface area contributed by atoms with Crippen molar-refractivity contribution < 1.29 is 9.13 Å². The summed E-state index contributed by atoms with van der Waals surface area (Å²) in [5, 5.41) is 0. The molecule has 0 radical (unpaired) electrons. The molecule has 1 aliphatic rings. The van der Waals surface area contributed by atoms with Crippen molar-refractivity contribution in [3.8, 4) is 0 Å². The lowest BCUT2D eigenvalue weighted by Crippen LogP contribution is -2.20. The smallest absolute Gasteiger partial charge is 0.131 e. The Balaban J connectivity index is 2.40. The minimum absolute atomic E-state index is 0.165. The van der Waals surface area contributed by atoms with Gasteiger partial charge in [0.15, 0.2) is 0 Å². The van der Waals surface area contributed by atoms with Gasteiger partial charge >= 0.3 is 0 Å². The Labute approximate surface area is 96.8 Å². The zero-order valence-electron chi connectivity index (χ0n) is 8.18. The molecule has 0 aromatic heterocycles. The normalized spacial score (nSPS) is 28.9. The van der Waals surface area contributed by atoms with E-state index in [0.717, 1.165) is 9.99 Å². The van der Waals surface area contributed by atoms with E-state index < -0.39 is 0 Å². The first-order valence-corrected chi connectivity index (χ1v) is 6.06. The highest BCUT2D eigenvalue weighted by molar-refractivity contribution is 14.1. The quantitative estimate of drug-likeness (QED) is 0.464. The topological polar surface area (TPSA) is 12.5 Å². The van der Waals surface area contributed by atoms with E-state index in [4.69, 9.17) is 4.74 Å². The van der Waals surface area contributed by atoms with Gasteiger partial charge in [0, 0.05) is 4.43 Å². The number of hydrogen-bond acceptors (Lipinski definition) is 1. The highest BCUT2D eigenvalue weighted by Gasteiger charge is 2.63. The summed E-state index contributed by atoms with van der Waals surface area (Å²) < 4.78 is 19.6. The van der Waals surface area contributed by atoms with E-state index in [1.54, 1.807) is 12.1 Å². The monoisotopic (exact) mass is 306 g/mol. The Hall–Kier alpha value is -0.160. The third kappa shape index (κ3) is 1.37. The van der Waals surface area contributed by atoms with Crippen LogP contribution in [0.1, 0.15) is 19.4 Å². The van der Waals surface area contributed by atoms with Crippen molar-refractivity contribution in [3.63, 3.8) is 0 Å². The van der Waals surface area contributed by atoms with E-state index in [1.807, 2.05) is 19.9 Å². The van der Waals surface area contributed by atoms with Gasteiger partial charge in [-0.15, -0.1) is 0 Å². The molecular formula is C11H12FIO. The van der Waals surface area contributed by atoms with E-state index in [-0.39, 0.29) is 17.0 Å². The molecule has 2 rings (SSSR count). The Morgan fingerprint density at radius 1 is 1.43 bits per heavy atom. The molecule has 0 N–H and O–H groups in total. The molecule has 1 nitrogen and oxygen atoms in total. The summed E-state index contributed by atoms with van der Waals surface area (Å²) in [6, 6.07) is 6.68. The van der Waals surface area contributed by atoms with Crippen LogP contribution in [0, 0.1) is 5.82 Å². The highest BCUT2D eigenvalue weighted by atomic mass is 127. The fraction of sp³-hybridized carbons (Fsp3) is 0.455. The fourth-order valence-corrected chi connectivity index (χ4v) is 3.34. The molecule has 0 amide bonds. The van der Waals surface area contributed by atoms with Gasteiger partial charge in [0.1, 0.15) is 11.4 Å². The largest absolute Gasteiger partial charge is 0.357 e. The van der Waals surface area contributed by atoms with Gasteiger partial charge in [-0.3, -0.25) is 0 Å². The van der Waals surface area contributed by atoms with Crippen LogP contribution in [-0.2, 0) is 10.3 Å². The van der Waals surface area contributed by atoms with Crippen LogP contribution >= 0.6 is 22.6 Å². The standard InChI is InChI=1S/C11H12FIO/c1-10(2)11(7-13,14-10)8-4-3-5-9(12)6-8/h3-6H,7H2,1-2H3/t11-/m0/s1. The van der Waals surface area contributed by atoms with Crippen LogP contribution < -0.4 is 0 Å². The molecule has 1 fully saturated rings. The van der Waals surface area contributed by atoms with E-state index in [2.05, 4.69) is 22.6 Å². The third-order valence-corrected chi connectivity index (χ3v) is 3.91. The Kier molecular flexibility index (Phi) is 2.34. The minimum atomic E-state index is -0.282. The molecule has 0 saturated carbocycles. The summed E-state index contributed by atoms with van der Waals surface area (Å²) in [5.41, 5.74) is 0.495. The van der Waals surface area contributed by atoms with Crippen LogP contribution in [0.3, 0.4) is 0 Å². The van der Waals surface area contributed by atoms with Crippen molar-refractivity contribution in [2.45, 2.75) is 25.0 Å². The van der Waals surface area contributed by atoms with Crippen molar-refractivity contribution in [3.05, 3.63) is 35.6 Å². The molecule has 0 spiro atoms. The molecule has 76 valence electrons. The zero-order chi connectivity index (χ0) is 10.4.